The van der Waals surface area contributed by atoms with Crippen LogP contribution in [0.3, 0.4) is 0 Å². The number of carbonyl (C=O) groups excluding carboxylic acids is 1. The van der Waals surface area contributed by atoms with Crippen molar-refractivity contribution < 1.29 is 22.7 Å². The Morgan fingerprint density at radius 1 is 1.18 bits per heavy atom. The Hall–Kier alpha value is -2.77. The molecule has 0 radical (unpaired) electrons. The molecule has 3 rings (SSSR count). The average Bonchev–Trinajstić information content (AvgIpc) is 2.68. The number of likely N-dealkylation sites (tertiary alicyclic amines) is 1. The minimum Gasteiger partial charge on any atom is -0.474 e. The number of amides is 1. The minimum absolute atomic E-state index is 0.0326. The number of benzene rings is 1. The smallest absolute Gasteiger partial charge is 0.417 e. The first-order valence-electron chi connectivity index (χ1n) is 9.00. The molecule has 2 heterocycles. The lowest BCUT2D eigenvalue weighted by atomic mass is 10.1. The van der Waals surface area contributed by atoms with Crippen LogP contribution in [0.4, 0.5) is 18.9 Å². The fraction of sp³-hybridized carbons (Fsp3) is 0.400. The molecule has 1 saturated heterocycles. The standard InChI is InChI=1S/C20H22F3N3O2/c1-25(2)16-5-3-4-14(12-16)19(27)26-10-8-17(9-11-26)28-18-7-6-15(13-24-18)20(21,22)23/h3-7,12-13,17H,8-11H2,1-2H3. The van der Waals surface area contributed by atoms with Crippen LogP contribution in [0, 0.1) is 0 Å². The highest BCUT2D eigenvalue weighted by Crippen LogP contribution is 2.29. The molecule has 2 aromatic rings. The fourth-order valence-corrected chi connectivity index (χ4v) is 3.06. The number of ether oxygens (including phenoxy) is 1. The number of pyridine rings is 1. The Morgan fingerprint density at radius 3 is 2.46 bits per heavy atom. The molecule has 0 N–H and O–H groups in total. The first-order chi connectivity index (χ1) is 13.2. The maximum absolute atomic E-state index is 12.7. The van der Waals surface area contributed by atoms with Crippen molar-refractivity contribution in [3.05, 3.63) is 53.7 Å². The minimum atomic E-state index is -4.42. The van der Waals surface area contributed by atoms with Crippen molar-refractivity contribution in [2.45, 2.75) is 25.1 Å². The molecular formula is C20H22F3N3O2. The van der Waals surface area contributed by atoms with Gasteiger partial charge in [0.05, 0.1) is 5.56 Å². The maximum atomic E-state index is 12.7. The molecule has 8 heteroatoms. The first kappa shape index (κ1) is 20.0. The second-order valence-corrected chi connectivity index (χ2v) is 6.94. The molecule has 1 amide bonds. The van der Waals surface area contributed by atoms with E-state index in [2.05, 4.69) is 4.98 Å². The van der Waals surface area contributed by atoms with Gasteiger partial charge in [0.2, 0.25) is 5.88 Å². The van der Waals surface area contributed by atoms with Crippen molar-refractivity contribution in [1.82, 2.24) is 9.88 Å². The number of rotatable bonds is 4. The number of anilines is 1. The van der Waals surface area contributed by atoms with Crippen LogP contribution in [-0.2, 0) is 6.18 Å². The first-order valence-corrected chi connectivity index (χ1v) is 9.00. The number of piperidine rings is 1. The summed E-state index contributed by atoms with van der Waals surface area (Å²) in [6.45, 7) is 1.05. The molecule has 0 unspecified atom stereocenters. The van der Waals surface area contributed by atoms with E-state index in [9.17, 15) is 18.0 Å². The molecule has 0 atom stereocenters. The zero-order valence-corrected chi connectivity index (χ0v) is 15.7. The highest BCUT2D eigenvalue weighted by molar-refractivity contribution is 5.95. The number of hydrogen-bond donors (Lipinski definition) is 0. The van der Waals surface area contributed by atoms with Gasteiger partial charge in [-0.1, -0.05) is 6.07 Å². The molecular weight excluding hydrogens is 371 g/mol. The summed E-state index contributed by atoms with van der Waals surface area (Å²) in [6, 6.07) is 9.63. The van der Waals surface area contributed by atoms with Gasteiger partial charge < -0.3 is 14.5 Å². The SMILES string of the molecule is CN(C)c1cccc(C(=O)N2CCC(Oc3ccc(C(F)(F)F)cn3)CC2)c1. The van der Waals surface area contributed by atoms with E-state index >= 15 is 0 Å². The third-order valence-electron chi connectivity index (χ3n) is 4.69. The molecule has 1 aromatic carbocycles. The van der Waals surface area contributed by atoms with Crippen molar-refractivity contribution in [2.24, 2.45) is 0 Å². The summed E-state index contributed by atoms with van der Waals surface area (Å²) in [5, 5.41) is 0. The van der Waals surface area contributed by atoms with Gasteiger partial charge in [-0.15, -0.1) is 0 Å². The maximum Gasteiger partial charge on any atom is 0.417 e. The molecule has 1 fully saturated rings. The second kappa shape index (κ2) is 8.08. The Kier molecular flexibility index (Phi) is 5.76. The lowest BCUT2D eigenvalue weighted by Gasteiger charge is -2.32. The quantitative estimate of drug-likeness (QED) is 0.792. The van der Waals surface area contributed by atoms with E-state index in [4.69, 9.17) is 4.74 Å². The molecule has 5 nitrogen and oxygen atoms in total. The van der Waals surface area contributed by atoms with E-state index < -0.39 is 11.7 Å². The molecule has 0 aliphatic carbocycles. The molecule has 0 saturated carbocycles. The third kappa shape index (κ3) is 4.74. The molecule has 28 heavy (non-hydrogen) atoms. The van der Waals surface area contributed by atoms with Crippen molar-refractivity contribution in [3.8, 4) is 5.88 Å². The van der Waals surface area contributed by atoms with Crippen LogP contribution in [0.15, 0.2) is 42.6 Å². The van der Waals surface area contributed by atoms with E-state index in [1.807, 2.05) is 37.2 Å². The van der Waals surface area contributed by atoms with Gasteiger partial charge >= 0.3 is 6.18 Å². The number of carbonyl (C=O) groups is 1. The predicted octanol–water partition coefficient (Wildman–Crippen LogP) is 3.85. The van der Waals surface area contributed by atoms with Gasteiger partial charge in [-0.2, -0.15) is 13.2 Å². The zero-order chi connectivity index (χ0) is 20.3. The van der Waals surface area contributed by atoms with E-state index in [1.54, 1.807) is 11.0 Å². The van der Waals surface area contributed by atoms with Gasteiger partial charge in [-0.05, 0) is 24.3 Å². The van der Waals surface area contributed by atoms with Crippen LogP contribution >= 0.6 is 0 Å². The molecule has 150 valence electrons. The topological polar surface area (TPSA) is 45.7 Å². The van der Waals surface area contributed by atoms with Crippen LogP contribution in [0.5, 0.6) is 5.88 Å². The zero-order valence-electron chi connectivity index (χ0n) is 15.7. The van der Waals surface area contributed by atoms with Gasteiger partial charge in [0, 0.05) is 63.5 Å². The highest BCUT2D eigenvalue weighted by Gasteiger charge is 2.31. The van der Waals surface area contributed by atoms with E-state index in [1.165, 1.54) is 6.07 Å². The van der Waals surface area contributed by atoms with Crippen LogP contribution in [-0.4, -0.2) is 49.1 Å². The van der Waals surface area contributed by atoms with Crippen molar-refractivity contribution in [2.75, 3.05) is 32.1 Å². The average molecular weight is 393 g/mol. The van der Waals surface area contributed by atoms with Gasteiger partial charge in [0.25, 0.3) is 5.91 Å². The summed E-state index contributed by atoms with van der Waals surface area (Å²) in [4.78, 5) is 20.2. The molecule has 1 aromatic heterocycles. The van der Waals surface area contributed by atoms with Gasteiger partial charge in [0.1, 0.15) is 6.10 Å². The summed E-state index contributed by atoms with van der Waals surface area (Å²) in [5.41, 5.74) is 0.785. The number of nitrogens with zero attached hydrogens (tertiary/aromatic N) is 3. The predicted molar refractivity (Wildman–Crippen MR) is 99.6 cm³/mol. The fourth-order valence-electron chi connectivity index (χ4n) is 3.06. The summed E-state index contributed by atoms with van der Waals surface area (Å²) >= 11 is 0. The number of aromatic nitrogens is 1. The van der Waals surface area contributed by atoms with E-state index in [-0.39, 0.29) is 17.9 Å². The molecule has 0 spiro atoms. The third-order valence-corrected chi connectivity index (χ3v) is 4.69. The van der Waals surface area contributed by atoms with Crippen LogP contribution in [0.1, 0.15) is 28.8 Å². The van der Waals surface area contributed by atoms with Crippen molar-refractivity contribution in [3.63, 3.8) is 0 Å². The largest absolute Gasteiger partial charge is 0.474 e. The Labute approximate surface area is 161 Å². The number of halogens is 3. The second-order valence-electron chi connectivity index (χ2n) is 6.94. The van der Waals surface area contributed by atoms with Gasteiger partial charge in [0.15, 0.2) is 0 Å². The molecule has 0 bridgehead atoms. The lowest BCUT2D eigenvalue weighted by Crippen LogP contribution is -2.41. The van der Waals surface area contributed by atoms with Gasteiger partial charge in [-0.3, -0.25) is 4.79 Å². The summed E-state index contributed by atoms with van der Waals surface area (Å²) < 4.78 is 43.4. The Bertz CT molecular complexity index is 814. The van der Waals surface area contributed by atoms with Crippen molar-refractivity contribution in [1.29, 1.82) is 0 Å². The summed E-state index contributed by atoms with van der Waals surface area (Å²) in [7, 11) is 3.84. The van der Waals surface area contributed by atoms with Crippen LogP contribution in [0.2, 0.25) is 0 Å². The summed E-state index contributed by atoms with van der Waals surface area (Å²) in [5.74, 6) is 0.131. The van der Waals surface area contributed by atoms with E-state index in [0.29, 0.717) is 31.5 Å². The highest BCUT2D eigenvalue weighted by atomic mass is 19.4. The van der Waals surface area contributed by atoms with Gasteiger partial charge in [-0.25, -0.2) is 4.98 Å². The van der Waals surface area contributed by atoms with Crippen LogP contribution < -0.4 is 9.64 Å². The number of alkyl halides is 3. The molecule has 1 aliphatic rings. The normalized spacial score (nSPS) is 15.4. The van der Waals surface area contributed by atoms with Crippen LogP contribution in [0.25, 0.3) is 0 Å². The molecule has 1 aliphatic heterocycles. The lowest BCUT2D eigenvalue weighted by molar-refractivity contribution is -0.137. The van der Waals surface area contributed by atoms with E-state index in [0.717, 1.165) is 18.0 Å². The van der Waals surface area contributed by atoms with Crippen molar-refractivity contribution >= 4 is 11.6 Å². The number of hydrogen-bond acceptors (Lipinski definition) is 4. The Balaban J connectivity index is 1.55. The Morgan fingerprint density at radius 2 is 1.89 bits per heavy atom. The monoisotopic (exact) mass is 393 g/mol. The summed E-state index contributed by atoms with van der Waals surface area (Å²) in [6.07, 6.45) is -2.63.